The Kier molecular flexibility index (Phi) is 6.23. The maximum Gasteiger partial charge on any atom is 0.346 e. The zero-order valence-corrected chi connectivity index (χ0v) is 19.0. The van der Waals surface area contributed by atoms with Crippen LogP contribution in [0.3, 0.4) is 0 Å². The van der Waals surface area contributed by atoms with Crippen LogP contribution in [0.25, 0.3) is 0 Å². The van der Waals surface area contributed by atoms with Gasteiger partial charge in [-0.2, -0.15) is 4.68 Å². The van der Waals surface area contributed by atoms with Crippen molar-refractivity contribution in [3.05, 3.63) is 120 Å². The van der Waals surface area contributed by atoms with Crippen LogP contribution in [0.5, 0.6) is 0 Å². The summed E-state index contributed by atoms with van der Waals surface area (Å²) in [5.74, 6) is 0. The van der Waals surface area contributed by atoms with Crippen molar-refractivity contribution in [2.24, 2.45) is 0 Å². The third-order valence-electron chi connectivity index (χ3n) is 6.63. The molecule has 0 bridgehead atoms. The maximum absolute atomic E-state index is 13.5. The Morgan fingerprint density at radius 3 is 2.09 bits per heavy atom. The molecule has 1 aliphatic rings. The van der Waals surface area contributed by atoms with Gasteiger partial charge >= 0.3 is 6.03 Å². The Balaban J connectivity index is 1.46. The highest BCUT2D eigenvalue weighted by atomic mass is 16.3. The smallest absolute Gasteiger partial charge is 0.346 e. The number of aliphatic hydroxyl groups is 1. The van der Waals surface area contributed by atoms with E-state index in [1.165, 1.54) is 10.2 Å². The second-order valence-corrected chi connectivity index (χ2v) is 8.81. The standard InChI is InChI=1S/C28H28N4O2/c33-27(31-19-11-10-18-25(31)20-22-12-4-1-5-13-22)32-21-26(29-30-32)28(34,23-14-6-2-7-15-23)24-16-8-3-9-17-24/h1-9,12-17,21,25,34H,10-11,18-20H2. The van der Waals surface area contributed by atoms with E-state index >= 15 is 0 Å². The molecule has 1 amide bonds. The molecule has 172 valence electrons. The Bertz CT molecular complexity index is 1190. The van der Waals surface area contributed by atoms with Gasteiger partial charge in [0.05, 0.1) is 6.20 Å². The average Bonchev–Trinajstić information content (AvgIpc) is 3.41. The molecule has 3 aromatic carbocycles. The molecule has 34 heavy (non-hydrogen) atoms. The number of aromatic nitrogens is 3. The first-order valence-electron chi connectivity index (χ1n) is 11.8. The van der Waals surface area contributed by atoms with Gasteiger partial charge in [-0.3, -0.25) is 0 Å². The van der Waals surface area contributed by atoms with Crippen molar-refractivity contribution >= 4 is 6.03 Å². The van der Waals surface area contributed by atoms with Crippen LogP contribution in [0, 0.1) is 0 Å². The first kappa shape index (κ1) is 22.0. The number of nitrogens with zero attached hydrogens (tertiary/aromatic N) is 4. The molecule has 6 heteroatoms. The van der Waals surface area contributed by atoms with Gasteiger partial charge in [0.25, 0.3) is 0 Å². The quantitative estimate of drug-likeness (QED) is 0.479. The predicted octanol–water partition coefficient (Wildman–Crippen LogP) is 4.63. The second-order valence-electron chi connectivity index (χ2n) is 8.81. The van der Waals surface area contributed by atoms with Crippen molar-refractivity contribution in [1.29, 1.82) is 0 Å². The van der Waals surface area contributed by atoms with Crippen LogP contribution in [0.1, 0.15) is 41.6 Å². The fraction of sp³-hybridized carbons (Fsp3) is 0.250. The number of benzene rings is 3. The molecule has 6 nitrogen and oxygen atoms in total. The van der Waals surface area contributed by atoms with Gasteiger partial charge in [0, 0.05) is 12.6 Å². The lowest BCUT2D eigenvalue weighted by Gasteiger charge is -2.35. The van der Waals surface area contributed by atoms with E-state index in [-0.39, 0.29) is 12.1 Å². The number of likely N-dealkylation sites (tertiary alicyclic amines) is 1. The highest BCUT2D eigenvalue weighted by Crippen LogP contribution is 2.35. The molecule has 1 aliphatic heterocycles. The molecule has 1 aromatic heterocycles. The molecule has 1 atom stereocenters. The van der Waals surface area contributed by atoms with Gasteiger partial charge < -0.3 is 10.0 Å². The third-order valence-corrected chi connectivity index (χ3v) is 6.63. The van der Waals surface area contributed by atoms with Gasteiger partial charge in [-0.05, 0) is 42.4 Å². The summed E-state index contributed by atoms with van der Waals surface area (Å²) in [5, 5.41) is 20.4. The number of hydrogen-bond donors (Lipinski definition) is 1. The maximum atomic E-state index is 13.5. The first-order valence-corrected chi connectivity index (χ1v) is 11.8. The van der Waals surface area contributed by atoms with Crippen molar-refractivity contribution in [1.82, 2.24) is 19.9 Å². The van der Waals surface area contributed by atoms with Crippen molar-refractivity contribution in [3.8, 4) is 0 Å². The van der Waals surface area contributed by atoms with Crippen LogP contribution < -0.4 is 0 Å². The summed E-state index contributed by atoms with van der Waals surface area (Å²) in [6, 6.07) is 28.9. The average molecular weight is 453 g/mol. The molecule has 0 spiro atoms. The topological polar surface area (TPSA) is 71.2 Å². The van der Waals surface area contributed by atoms with E-state index in [0.717, 1.165) is 25.7 Å². The normalized spacial score (nSPS) is 16.4. The van der Waals surface area contributed by atoms with Gasteiger partial charge in [-0.15, -0.1) is 5.10 Å². The number of carbonyl (C=O) groups is 1. The summed E-state index contributed by atoms with van der Waals surface area (Å²) in [6.45, 7) is 0.688. The van der Waals surface area contributed by atoms with Gasteiger partial charge in [0.1, 0.15) is 5.69 Å². The zero-order valence-electron chi connectivity index (χ0n) is 19.0. The second kappa shape index (κ2) is 9.61. The fourth-order valence-electron chi connectivity index (χ4n) is 4.83. The van der Waals surface area contributed by atoms with Gasteiger partial charge in [-0.25, -0.2) is 4.79 Å². The van der Waals surface area contributed by atoms with Gasteiger partial charge in [0.15, 0.2) is 5.60 Å². The minimum absolute atomic E-state index is 0.110. The van der Waals surface area contributed by atoms with Gasteiger partial charge in [0.2, 0.25) is 0 Å². The third kappa shape index (κ3) is 4.24. The number of piperidine rings is 1. The first-order chi connectivity index (χ1) is 16.7. The number of hydrogen-bond acceptors (Lipinski definition) is 4. The summed E-state index contributed by atoms with van der Waals surface area (Å²) in [7, 11) is 0. The van der Waals surface area contributed by atoms with Crippen LogP contribution >= 0.6 is 0 Å². The SMILES string of the molecule is O=C(N1CCCCC1Cc1ccccc1)n1cc(C(O)(c2ccccc2)c2ccccc2)nn1. The largest absolute Gasteiger partial charge is 0.374 e. The minimum Gasteiger partial charge on any atom is -0.374 e. The van der Waals surface area contributed by atoms with E-state index in [1.54, 1.807) is 6.20 Å². The molecule has 0 aliphatic carbocycles. The van der Waals surface area contributed by atoms with E-state index in [0.29, 0.717) is 23.4 Å². The monoisotopic (exact) mass is 452 g/mol. The number of amides is 1. The molecule has 4 aromatic rings. The van der Waals surface area contributed by atoms with Crippen LogP contribution in [0.4, 0.5) is 4.79 Å². The van der Waals surface area contributed by atoms with Crippen molar-refractivity contribution in [2.75, 3.05) is 6.54 Å². The van der Waals surface area contributed by atoms with Crippen LogP contribution in [0.2, 0.25) is 0 Å². The summed E-state index contributed by atoms with van der Waals surface area (Å²) in [5.41, 5.74) is 1.34. The van der Waals surface area contributed by atoms with Crippen molar-refractivity contribution in [2.45, 2.75) is 37.3 Å². The summed E-state index contributed by atoms with van der Waals surface area (Å²) in [6.07, 6.45) is 5.41. The van der Waals surface area contributed by atoms with Crippen molar-refractivity contribution < 1.29 is 9.90 Å². The molecule has 5 rings (SSSR count). The number of rotatable bonds is 5. The van der Waals surface area contributed by atoms with Crippen LogP contribution in [0.15, 0.2) is 97.2 Å². The molecule has 1 saturated heterocycles. The Morgan fingerprint density at radius 1 is 0.882 bits per heavy atom. The van der Waals surface area contributed by atoms with E-state index in [4.69, 9.17) is 0 Å². The molecule has 2 heterocycles. The Hall–Kier alpha value is -3.77. The van der Waals surface area contributed by atoms with E-state index < -0.39 is 5.60 Å². The van der Waals surface area contributed by atoms with Gasteiger partial charge in [-0.1, -0.05) is 96.2 Å². The lowest BCUT2D eigenvalue weighted by atomic mass is 9.84. The van der Waals surface area contributed by atoms with Crippen LogP contribution in [-0.4, -0.2) is 43.6 Å². The summed E-state index contributed by atoms with van der Waals surface area (Å²) < 4.78 is 1.27. The lowest BCUT2D eigenvalue weighted by molar-refractivity contribution is 0.120. The van der Waals surface area contributed by atoms with E-state index in [9.17, 15) is 9.90 Å². The highest BCUT2D eigenvalue weighted by molar-refractivity contribution is 5.76. The van der Waals surface area contributed by atoms with Crippen molar-refractivity contribution in [3.63, 3.8) is 0 Å². The fourth-order valence-corrected chi connectivity index (χ4v) is 4.83. The number of carbonyl (C=O) groups excluding carboxylic acids is 1. The molecule has 1 fully saturated rings. The lowest BCUT2D eigenvalue weighted by Crippen LogP contribution is -2.47. The highest BCUT2D eigenvalue weighted by Gasteiger charge is 2.38. The van der Waals surface area contributed by atoms with E-state index in [2.05, 4.69) is 22.4 Å². The zero-order chi connectivity index (χ0) is 23.4. The molecule has 1 N–H and O–H groups in total. The summed E-state index contributed by atoms with van der Waals surface area (Å²) in [4.78, 5) is 15.4. The Morgan fingerprint density at radius 2 is 1.47 bits per heavy atom. The molecular formula is C28H28N4O2. The Labute approximate surface area is 199 Å². The summed E-state index contributed by atoms with van der Waals surface area (Å²) >= 11 is 0. The van der Waals surface area contributed by atoms with E-state index in [1.807, 2.05) is 83.8 Å². The molecule has 0 saturated carbocycles. The molecule has 1 unspecified atom stereocenters. The molecule has 0 radical (unpaired) electrons. The predicted molar refractivity (Wildman–Crippen MR) is 130 cm³/mol. The molecular weight excluding hydrogens is 424 g/mol. The van der Waals surface area contributed by atoms with Crippen LogP contribution in [-0.2, 0) is 12.0 Å². The minimum atomic E-state index is -1.52.